The van der Waals surface area contributed by atoms with Gasteiger partial charge in [0.25, 0.3) is 0 Å². The second-order valence-corrected chi connectivity index (χ2v) is 5.92. The van der Waals surface area contributed by atoms with Crippen molar-refractivity contribution in [2.75, 3.05) is 0 Å². The molecule has 1 aliphatic rings. The summed E-state index contributed by atoms with van der Waals surface area (Å²) in [5.74, 6) is 0.898. The summed E-state index contributed by atoms with van der Waals surface area (Å²) in [6.45, 7) is 4.13. The Bertz CT molecular complexity index is 595. The number of rotatable bonds is 3. The Hall–Kier alpha value is -1.41. The topological polar surface area (TPSA) is 25.8 Å². The average Bonchev–Trinajstić information content (AvgIpc) is 2.38. The fourth-order valence-corrected chi connectivity index (χ4v) is 3.46. The van der Waals surface area contributed by atoms with Crippen LogP contribution in [-0.2, 0) is 11.8 Å². The Kier molecular flexibility index (Phi) is 3.51. The highest BCUT2D eigenvalue weighted by atomic mass is 35.5. The van der Waals surface area contributed by atoms with E-state index in [1.807, 2.05) is 6.92 Å². The van der Waals surface area contributed by atoms with Crippen LogP contribution in [0.15, 0.2) is 30.3 Å². The molecule has 1 fully saturated rings. The molecule has 2 aromatic rings. The van der Waals surface area contributed by atoms with Crippen LogP contribution in [0.1, 0.15) is 48.8 Å². The number of benzene rings is 1. The summed E-state index contributed by atoms with van der Waals surface area (Å²) in [7, 11) is 0. The Morgan fingerprint density at radius 1 is 1.15 bits per heavy atom. The van der Waals surface area contributed by atoms with E-state index in [9.17, 15) is 0 Å². The van der Waals surface area contributed by atoms with Crippen LogP contribution >= 0.6 is 11.6 Å². The molecule has 1 aromatic carbocycles. The summed E-state index contributed by atoms with van der Waals surface area (Å²) in [5, 5.41) is 0.622. The summed E-state index contributed by atoms with van der Waals surface area (Å²) in [5.41, 5.74) is 3.37. The van der Waals surface area contributed by atoms with Crippen molar-refractivity contribution < 1.29 is 0 Å². The van der Waals surface area contributed by atoms with Crippen molar-refractivity contribution in [1.82, 2.24) is 9.97 Å². The first-order valence-electron chi connectivity index (χ1n) is 7.26. The number of hydrogen-bond donors (Lipinski definition) is 0. The summed E-state index contributed by atoms with van der Waals surface area (Å²) in [6, 6.07) is 10.6. The van der Waals surface area contributed by atoms with Crippen molar-refractivity contribution in [2.24, 2.45) is 0 Å². The van der Waals surface area contributed by atoms with Crippen LogP contribution in [0.2, 0.25) is 5.15 Å². The molecule has 0 N–H and O–H groups in total. The maximum atomic E-state index is 6.36. The van der Waals surface area contributed by atoms with E-state index in [1.165, 1.54) is 12.0 Å². The quantitative estimate of drug-likeness (QED) is 0.778. The molecule has 1 aliphatic carbocycles. The number of aryl methyl sites for hydroxylation is 1. The van der Waals surface area contributed by atoms with E-state index in [0.717, 1.165) is 36.3 Å². The minimum atomic E-state index is -0.0259. The molecule has 0 amide bonds. The molecule has 1 heterocycles. The molecule has 0 spiro atoms. The fourth-order valence-electron chi connectivity index (χ4n) is 3.11. The van der Waals surface area contributed by atoms with E-state index in [4.69, 9.17) is 16.6 Å². The van der Waals surface area contributed by atoms with Crippen molar-refractivity contribution in [2.45, 2.75) is 44.9 Å². The predicted molar refractivity (Wildman–Crippen MR) is 82.2 cm³/mol. The number of halogens is 1. The summed E-state index contributed by atoms with van der Waals surface area (Å²) in [4.78, 5) is 9.41. The Balaban J connectivity index is 2.11. The minimum absolute atomic E-state index is 0.0259. The monoisotopic (exact) mass is 286 g/mol. The van der Waals surface area contributed by atoms with Gasteiger partial charge < -0.3 is 0 Å². The van der Waals surface area contributed by atoms with Crippen molar-refractivity contribution in [1.29, 1.82) is 0 Å². The first-order valence-corrected chi connectivity index (χ1v) is 7.64. The van der Waals surface area contributed by atoms with Crippen LogP contribution in [0.4, 0.5) is 0 Å². The van der Waals surface area contributed by atoms with Gasteiger partial charge in [0, 0.05) is 11.3 Å². The highest BCUT2D eigenvalue weighted by molar-refractivity contribution is 6.30. The molecule has 1 aromatic heterocycles. The molecule has 0 atom stereocenters. The normalized spacial score (nSPS) is 16.8. The molecular formula is C17H19ClN2. The maximum Gasteiger partial charge on any atom is 0.140 e. The molecular weight excluding hydrogens is 268 g/mol. The lowest BCUT2D eigenvalue weighted by molar-refractivity contribution is 0.284. The summed E-state index contributed by atoms with van der Waals surface area (Å²) in [6.07, 6.45) is 4.32. The van der Waals surface area contributed by atoms with Gasteiger partial charge in [0.05, 0.1) is 5.41 Å². The van der Waals surface area contributed by atoms with Gasteiger partial charge in [-0.05, 0) is 31.7 Å². The lowest BCUT2D eigenvalue weighted by Crippen LogP contribution is -2.37. The van der Waals surface area contributed by atoms with Crippen molar-refractivity contribution in [3.8, 4) is 0 Å². The standard InChI is InChI=1S/C17H19ClN2/c1-3-14-12(2)19-16(20-15(14)18)17(10-7-11-17)13-8-5-4-6-9-13/h4-6,8-9H,3,7,10-11H2,1-2H3. The van der Waals surface area contributed by atoms with Crippen LogP contribution in [0.5, 0.6) is 0 Å². The van der Waals surface area contributed by atoms with E-state index in [0.29, 0.717) is 5.15 Å². The number of aromatic nitrogens is 2. The van der Waals surface area contributed by atoms with E-state index < -0.39 is 0 Å². The van der Waals surface area contributed by atoms with Gasteiger partial charge in [0.2, 0.25) is 0 Å². The van der Waals surface area contributed by atoms with Crippen molar-refractivity contribution in [3.05, 3.63) is 58.1 Å². The minimum Gasteiger partial charge on any atom is -0.237 e. The lowest BCUT2D eigenvalue weighted by Gasteiger charge is -2.41. The van der Waals surface area contributed by atoms with E-state index in [1.54, 1.807) is 0 Å². The van der Waals surface area contributed by atoms with Gasteiger partial charge in [-0.25, -0.2) is 9.97 Å². The molecule has 0 aliphatic heterocycles. The van der Waals surface area contributed by atoms with Crippen LogP contribution in [0.25, 0.3) is 0 Å². The molecule has 3 heteroatoms. The van der Waals surface area contributed by atoms with E-state index in [-0.39, 0.29) is 5.41 Å². The van der Waals surface area contributed by atoms with Gasteiger partial charge in [-0.15, -0.1) is 0 Å². The molecule has 0 bridgehead atoms. The van der Waals surface area contributed by atoms with Crippen LogP contribution in [-0.4, -0.2) is 9.97 Å². The van der Waals surface area contributed by atoms with Crippen LogP contribution < -0.4 is 0 Å². The van der Waals surface area contributed by atoms with Crippen LogP contribution in [0, 0.1) is 6.92 Å². The van der Waals surface area contributed by atoms with Gasteiger partial charge in [0.15, 0.2) is 0 Å². The summed E-state index contributed by atoms with van der Waals surface area (Å²) < 4.78 is 0. The predicted octanol–water partition coefficient (Wildman–Crippen LogP) is 4.47. The van der Waals surface area contributed by atoms with Gasteiger partial charge in [-0.1, -0.05) is 55.3 Å². The molecule has 1 saturated carbocycles. The third-order valence-electron chi connectivity index (χ3n) is 4.48. The van der Waals surface area contributed by atoms with E-state index >= 15 is 0 Å². The second kappa shape index (κ2) is 5.17. The SMILES string of the molecule is CCc1c(C)nc(C2(c3ccccc3)CCC2)nc1Cl. The average molecular weight is 287 g/mol. The van der Waals surface area contributed by atoms with E-state index in [2.05, 4.69) is 42.2 Å². The fraction of sp³-hybridized carbons (Fsp3) is 0.412. The molecule has 0 radical (unpaired) electrons. The zero-order valence-electron chi connectivity index (χ0n) is 12.0. The van der Waals surface area contributed by atoms with Gasteiger partial charge in [-0.2, -0.15) is 0 Å². The Morgan fingerprint density at radius 2 is 1.85 bits per heavy atom. The third kappa shape index (κ3) is 2.03. The Labute approximate surface area is 125 Å². The molecule has 3 rings (SSSR count). The maximum absolute atomic E-state index is 6.36. The Morgan fingerprint density at radius 3 is 2.35 bits per heavy atom. The van der Waals surface area contributed by atoms with Gasteiger partial charge in [-0.3, -0.25) is 0 Å². The van der Waals surface area contributed by atoms with Crippen molar-refractivity contribution >= 4 is 11.6 Å². The zero-order chi connectivity index (χ0) is 14.2. The molecule has 0 unspecified atom stereocenters. The largest absolute Gasteiger partial charge is 0.237 e. The first kappa shape index (κ1) is 13.6. The first-order chi connectivity index (χ1) is 9.67. The number of nitrogens with zero attached hydrogens (tertiary/aromatic N) is 2. The van der Waals surface area contributed by atoms with Gasteiger partial charge in [0.1, 0.15) is 11.0 Å². The van der Waals surface area contributed by atoms with Crippen molar-refractivity contribution in [3.63, 3.8) is 0 Å². The van der Waals surface area contributed by atoms with Crippen LogP contribution in [0.3, 0.4) is 0 Å². The molecule has 104 valence electrons. The third-order valence-corrected chi connectivity index (χ3v) is 4.79. The second-order valence-electron chi connectivity index (χ2n) is 5.56. The molecule has 20 heavy (non-hydrogen) atoms. The summed E-state index contributed by atoms with van der Waals surface area (Å²) >= 11 is 6.36. The molecule has 0 saturated heterocycles. The number of hydrogen-bond acceptors (Lipinski definition) is 2. The highest BCUT2D eigenvalue weighted by Gasteiger charge is 2.43. The van der Waals surface area contributed by atoms with Gasteiger partial charge >= 0.3 is 0 Å². The molecule has 2 nitrogen and oxygen atoms in total. The highest BCUT2D eigenvalue weighted by Crippen LogP contribution is 2.47. The lowest BCUT2D eigenvalue weighted by atomic mass is 9.64. The zero-order valence-corrected chi connectivity index (χ0v) is 12.7. The smallest absolute Gasteiger partial charge is 0.140 e.